The van der Waals surface area contributed by atoms with Crippen LogP contribution < -0.4 is 5.32 Å². The molecule has 1 aliphatic heterocycles. The first-order valence-corrected chi connectivity index (χ1v) is 8.86. The molecule has 0 bridgehead atoms. The van der Waals surface area contributed by atoms with E-state index in [-0.39, 0.29) is 12.0 Å². The monoisotopic (exact) mass is 316 g/mol. The molecule has 1 aliphatic carbocycles. The molecule has 0 unspecified atom stereocenters. The number of carbonyl (C=O) groups excluding carboxylic acids is 1. The normalized spacial score (nSPS) is 20.3. The van der Waals surface area contributed by atoms with Gasteiger partial charge in [0.2, 0.25) is 0 Å². The van der Waals surface area contributed by atoms with Crippen molar-refractivity contribution in [3.05, 3.63) is 29.8 Å². The highest BCUT2D eigenvalue weighted by Gasteiger charge is 2.28. The fraction of sp³-hybridized carbons (Fsp3) is 0.632. The maximum atomic E-state index is 12.4. The second-order valence-electron chi connectivity index (χ2n) is 6.98. The van der Waals surface area contributed by atoms with Crippen molar-refractivity contribution in [1.29, 1.82) is 0 Å². The van der Waals surface area contributed by atoms with Gasteiger partial charge in [-0.15, -0.1) is 0 Å². The van der Waals surface area contributed by atoms with Crippen LogP contribution in [-0.4, -0.2) is 42.6 Å². The van der Waals surface area contributed by atoms with Gasteiger partial charge in [-0.3, -0.25) is 4.79 Å². The number of hydrogen-bond donors (Lipinski definition) is 1. The summed E-state index contributed by atoms with van der Waals surface area (Å²) >= 11 is 0. The van der Waals surface area contributed by atoms with E-state index in [4.69, 9.17) is 4.74 Å². The summed E-state index contributed by atoms with van der Waals surface area (Å²) in [5.74, 6) is 0.856. The summed E-state index contributed by atoms with van der Waals surface area (Å²) in [6.07, 6.45) is 4.22. The van der Waals surface area contributed by atoms with Gasteiger partial charge in [-0.05, 0) is 57.1 Å². The van der Waals surface area contributed by atoms with Crippen LogP contribution in [0.5, 0.6) is 0 Å². The second-order valence-corrected chi connectivity index (χ2v) is 6.98. The van der Waals surface area contributed by atoms with Gasteiger partial charge in [-0.2, -0.15) is 0 Å². The molecule has 1 aromatic rings. The standard InChI is InChI=1S/C19H28N2O2/c1-14-5-3-4-6-18(14)20-17-9-11-21(12-10-17)19(22)15(2)23-13-16-7-8-16/h3-6,15-17,20H,7-13H2,1-2H3/t15-/m1/s1. The number of rotatable bonds is 6. The average Bonchev–Trinajstić information content (AvgIpc) is 3.39. The summed E-state index contributed by atoms with van der Waals surface area (Å²) in [6.45, 7) is 6.40. The van der Waals surface area contributed by atoms with Gasteiger partial charge >= 0.3 is 0 Å². The quantitative estimate of drug-likeness (QED) is 0.876. The number of benzene rings is 1. The summed E-state index contributed by atoms with van der Waals surface area (Å²) in [4.78, 5) is 14.4. The minimum atomic E-state index is -0.295. The van der Waals surface area contributed by atoms with Gasteiger partial charge in [-0.1, -0.05) is 18.2 Å². The number of carbonyl (C=O) groups is 1. The van der Waals surface area contributed by atoms with E-state index in [0.717, 1.165) is 32.5 Å². The molecule has 0 aromatic heterocycles. The van der Waals surface area contributed by atoms with Crippen LogP contribution in [-0.2, 0) is 9.53 Å². The van der Waals surface area contributed by atoms with Gasteiger partial charge in [0.1, 0.15) is 6.10 Å². The fourth-order valence-electron chi connectivity index (χ4n) is 3.09. The molecule has 23 heavy (non-hydrogen) atoms. The van der Waals surface area contributed by atoms with Crippen molar-refractivity contribution in [2.75, 3.05) is 25.0 Å². The lowest BCUT2D eigenvalue weighted by Crippen LogP contribution is -2.46. The Kier molecular flexibility index (Phi) is 5.21. The predicted molar refractivity (Wildman–Crippen MR) is 92.5 cm³/mol. The van der Waals surface area contributed by atoms with E-state index in [9.17, 15) is 4.79 Å². The highest BCUT2D eigenvalue weighted by molar-refractivity contribution is 5.80. The smallest absolute Gasteiger partial charge is 0.251 e. The molecule has 126 valence electrons. The van der Waals surface area contributed by atoms with Crippen molar-refractivity contribution < 1.29 is 9.53 Å². The highest BCUT2D eigenvalue weighted by atomic mass is 16.5. The first kappa shape index (κ1) is 16.3. The zero-order valence-electron chi connectivity index (χ0n) is 14.3. The van der Waals surface area contributed by atoms with E-state index < -0.39 is 0 Å². The van der Waals surface area contributed by atoms with Crippen LogP contribution in [0.1, 0.15) is 38.2 Å². The number of hydrogen-bond acceptors (Lipinski definition) is 3. The summed E-state index contributed by atoms with van der Waals surface area (Å²) in [5, 5.41) is 3.62. The Bertz CT molecular complexity index is 534. The van der Waals surface area contributed by atoms with Crippen molar-refractivity contribution in [2.24, 2.45) is 5.92 Å². The van der Waals surface area contributed by atoms with Crippen molar-refractivity contribution >= 4 is 11.6 Å². The van der Waals surface area contributed by atoms with Crippen molar-refractivity contribution in [3.8, 4) is 0 Å². The molecule has 0 radical (unpaired) electrons. The molecule has 2 aliphatic rings. The lowest BCUT2D eigenvalue weighted by Gasteiger charge is -2.34. The molecule has 1 heterocycles. The molecule has 4 nitrogen and oxygen atoms in total. The van der Waals surface area contributed by atoms with E-state index in [1.807, 2.05) is 11.8 Å². The molecule has 1 saturated carbocycles. The zero-order valence-corrected chi connectivity index (χ0v) is 14.3. The Labute approximate surface area is 139 Å². The number of likely N-dealkylation sites (tertiary alicyclic amines) is 1. The fourth-order valence-corrected chi connectivity index (χ4v) is 3.09. The van der Waals surface area contributed by atoms with E-state index in [0.29, 0.717) is 12.0 Å². The Hall–Kier alpha value is -1.55. The summed E-state index contributed by atoms with van der Waals surface area (Å²) in [7, 11) is 0. The number of aryl methyl sites for hydroxylation is 1. The third-order valence-corrected chi connectivity index (χ3v) is 4.94. The van der Waals surface area contributed by atoms with Gasteiger partial charge in [0.05, 0.1) is 6.61 Å². The average molecular weight is 316 g/mol. The number of piperidine rings is 1. The maximum absolute atomic E-state index is 12.4. The zero-order chi connectivity index (χ0) is 16.2. The van der Waals surface area contributed by atoms with E-state index in [2.05, 4.69) is 36.5 Å². The van der Waals surface area contributed by atoms with Crippen LogP contribution in [0.2, 0.25) is 0 Å². The number of nitrogens with zero attached hydrogens (tertiary/aromatic N) is 1. The minimum Gasteiger partial charge on any atom is -0.382 e. The van der Waals surface area contributed by atoms with Crippen LogP contribution in [0.15, 0.2) is 24.3 Å². The maximum Gasteiger partial charge on any atom is 0.251 e. The number of para-hydroxylation sites is 1. The Balaban J connectivity index is 1.44. The van der Waals surface area contributed by atoms with Gasteiger partial charge in [0.15, 0.2) is 0 Å². The Morgan fingerprint density at radius 1 is 1.26 bits per heavy atom. The number of anilines is 1. The van der Waals surface area contributed by atoms with Crippen LogP contribution in [0.4, 0.5) is 5.69 Å². The topological polar surface area (TPSA) is 41.6 Å². The molecule has 1 saturated heterocycles. The van der Waals surface area contributed by atoms with Gasteiger partial charge in [-0.25, -0.2) is 0 Å². The van der Waals surface area contributed by atoms with Crippen LogP contribution in [0.25, 0.3) is 0 Å². The number of amides is 1. The predicted octanol–water partition coefficient (Wildman–Crippen LogP) is 3.21. The van der Waals surface area contributed by atoms with Crippen molar-refractivity contribution in [3.63, 3.8) is 0 Å². The van der Waals surface area contributed by atoms with E-state index in [1.165, 1.54) is 24.1 Å². The molecule has 0 spiro atoms. The molecule has 1 aromatic carbocycles. The first-order valence-electron chi connectivity index (χ1n) is 8.86. The third-order valence-electron chi connectivity index (χ3n) is 4.94. The summed E-state index contributed by atoms with van der Waals surface area (Å²) in [6, 6.07) is 8.82. The lowest BCUT2D eigenvalue weighted by molar-refractivity contribution is -0.143. The van der Waals surface area contributed by atoms with E-state index in [1.54, 1.807) is 0 Å². The minimum absolute atomic E-state index is 0.153. The molecule has 3 rings (SSSR count). The SMILES string of the molecule is Cc1ccccc1NC1CCN(C(=O)[C@@H](C)OCC2CC2)CC1. The Morgan fingerprint density at radius 3 is 2.61 bits per heavy atom. The van der Waals surface area contributed by atoms with Gasteiger partial charge in [0.25, 0.3) is 5.91 Å². The molecular weight excluding hydrogens is 288 g/mol. The third kappa shape index (κ3) is 4.47. The van der Waals surface area contributed by atoms with Crippen LogP contribution in [0.3, 0.4) is 0 Å². The first-order chi connectivity index (χ1) is 11.1. The van der Waals surface area contributed by atoms with Crippen LogP contribution >= 0.6 is 0 Å². The largest absolute Gasteiger partial charge is 0.382 e. The molecule has 1 N–H and O–H groups in total. The van der Waals surface area contributed by atoms with E-state index >= 15 is 0 Å². The summed E-state index contributed by atoms with van der Waals surface area (Å²) in [5.41, 5.74) is 2.48. The molecule has 1 atom stereocenters. The van der Waals surface area contributed by atoms with Crippen LogP contribution in [0, 0.1) is 12.8 Å². The second kappa shape index (κ2) is 7.35. The number of ether oxygens (including phenoxy) is 1. The highest BCUT2D eigenvalue weighted by Crippen LogP contribution is 2.29. The molecular formula is C19H28N2O2. The molecule has 1 amide bonds. The lowest BCUT2D eigenvalue weighted by atomic mass is 10.0. The number of nitrogens with one attached hydrogen (secondary N) is 1. The van der Waals surface area contributed by atoms with Gasteiger partial charge in [0, 0.05) is 24.8 Å². The molecule has 4 heteroatoms. The van der Waals surface area contributed by atoms with Crippen molar-refractivity contribution in [1.82, 2.24) is 4.90 Å². The Morgan fingerprint density at radius 2 is 1.96 bits per heavy atom. The molecule has 2 fully saturated rings. The van der Waals surface area contributed by atoms with Crippen molar-refractivity contribution in [2.45, 2.75) is 51.7 Å². The summed E-state index contributed by atoms with van der Waals surface area (Å²) < 4.78 is 5.71. The van der Waals surface area contributed by atoms with Gasteiger partial charge < -0.3 is 15.0 Å².